The van der Waals surface area contributed by atoms with Gasteiger partial charge in [-0.05, 0) is 12.0 Å². The highest BCUT2D eigenvalue weighted by Crippen LogP contribution is 2.07. The predicted molar refractivity (Wildman–Crippen MR) is 64.8 cm³/mol. The molecule has 1 heterocycles. The fourth-order valence-electron chi connectivity index (χ4n) is 1.47. The molecule has 1 aromatic heterocycles. The number of aliphatic carboxylic acids is 1. The van der Waals surface area contributed by atoms with Gasteiger partial charge in [0.25, 0.3) is 0 Å². The predicted octanol–water partition coefficient (Wildman–Crippen LogP) is 1.95. The molecule has 0 bridgehead atoms. The Kier molecular flexibility index (Phi) is 3.86. The van der Waals surface area contributed by atoms with Gasteiger partial charge in [-0.25, -0.2) is 4.79 Å². The van der Waals surface area contributed by atoms with Gasteiger partial charge in [-0.2, -0.15) is 0 Å². The van der Waals surface area contributed by atoms with E-state index in [0.717, 1.165) is 12.5 Å². The van der Waals surface area contributed by atoms with Crippen LogP contribution in [0, 0.1) is 0 Å². The lowest BCUT2D eigenvalue weighted by molar-refractivity contribution is -0.131. The molecule has 1 N–H and O–H groups in total. The minimum absolute atomic E-state index is 0.209. The van der Waals surface area contributed by atoms with Gasteiger partial charge in [0.2, 0.25) is 11.8 Å². The SMILES string of the molecule is O=C(O)/C=C/c1nnc(CCc2ccccc2)o1. The quantitative estimate of drug-likeness (QED) is 0.813. The second-order valence-corrected chi connectivity index (χ2v) is 3.69. The van der Waals surface area contributed by atoms with Gasteiger partial charge in [0, 0.05) is 18.6 Å². The van der Waals surface area contributed by atoms with E-state index in [4.69, 9.17) is 9.52 Å². The van der Waals surface area contributed by atoms with Crippen LogP contribution < -0.4 is 0 Å². The van der Waals surface area contributed by atoms with Crippen LogP contribution in [-0.4, -0.2) is 21.3 Å². The van der Waals surface area contributed by atoms with Gasteiger partial charge in [0.1, 0.15) is 0 Å². The lowest BCUT2D eigenvalue weighted by atomic mass is 10.1. The highest BCUT2D eigenvalue weighted by molar-refractivity contribution is 5.84. The Morgan fingerprint density at radius 2 is 2.00 bits per heavy atom. The first-order valence-electron chi connectivity index (χ1n) is 5.51. The van der Waals surface area contributed by atoms with Crippen LogP contribution in [0.25, 0.3) is 6.08 Å². The number of carboxylic acids is 1. The van der Waals surface area contributed by atoms with Crippen LogP contribution in [0.1, 0.15) is 17.3 Å². The van der Waals surface area contributed by atoms with Gasteiger partial charge in [-0.15, -0.1) is 10.2 Å². The first-order chi connectivity index (χ1) is 8.74. The maximum absolute atomic E-state index is 10.3. The number of benzene rings is 1. The smallest absolute Gasteiger partial charge is 0.328 e. The molecular weight excluding hydrogens is 232 g/mol. The Labute approximate surface area is 104 Å². The average molecular weight is 244 g/mol. The van der Waals surface area contributed by atoms with Crippen molar-refractivity contribution in [2.24, 2.45) is 0 Å². The largest absolute Gasteiger partial charge is 0.478 e. The van der Waals surface area contributed by atoms with Gasteiger partial charge in [0.15, 0.2) is 0 Å². The van der Waals surface area contributed by atoms with E-state index in [1.165, 1.54) is 11.6 Å². The van der Waals surface area contributed by atoms with E-state index in [9.17, 15) is 4.79 Å². The van der Waals surface area contributed by atoms with Crippen molar-refractivity contribution in [3.05, 3.63) is 53.8 Å². The number of rotatable bonds is 5. The van der Waals surface area contributed by atoms with E-state index in [-0.39, 0.29) is 5.89 Å². The van der Waals surface area contributed by atoms with E-state index >= 15 is 0 Å². The van der Waals surface area contributed by atoms with Gasteiger partial charge in [-0.1, -0.05) is 30.3 Å². The molecule has 2 rings (SSSR count). The molecule has 0 unspecified atom stereocenters. The monoisotopic (exact) mass is 244 g/mol. The lowest BCUT2D eigenvalue weighted by Gasteiger charge is -1.96. The highest BCUT2D eigenvalue weighted by Gasteiger charge is 2.04. The molecule has 92 valence electrons. The zero-order valence-electron chi connectivity index (χ0n) is 9.61. The molecule has 0 spiro atoms. The molecule has 0 fully saturated rings. The van der Waals surface area contributed by atoms with Crippen molar-refractivity contribution in [1.29, 1.82) is 0 Å². The van der Waals surface area contributed by atoms with Crippen molar-refractivity contribution < 1.29 is 14.3 Å². The van der Waals surface area contributed by atoms with Crippen molar-refractivity contribution in [2.75, 3.05) is 0 Å². The number of aromatic nitrogens is 2. The number of carboxylic acid groups (broad SMARTS) is 1. The third-order valence-corrected chi connectivity index (χ3v) is 2.32. The molecule has 0 saturated heterocycles. The molecule has 0 atom stereocenters. The van der Waals surface area contributed by atoms with Gasteiger partial charge in [0.05, 0.1) is 0 Å². The van der Waals surface area contributed by atoms with Crippen LogP contribution in [0.15, 0.2) is 40.8 Å². The molecule has 18 heavy (non-hydrogen) atoms. The summed E-state index contributed by atoms with van der Waals surface area (Å²) in [6.07, 6.45) is 3.69. The summed E-state index contributed by atoms with van der Waals surface area (Å²) < 4.78 is 5.28. The molecule has 0 aliphatic rings. The molecule has 0 amide bonds. The number of carbonyl (C=O) groups is 1. The van der Waals surface area contributed by atoms with Crippen LogP contribution in [0.3, 0.4) is 0 Å². The number of hydrogen-bond donors (Lipinski definition) is 1. The van der Waals surface area contributed by atoms with E-state index in [1.807, 2.05) is 30.3 Å². The third kappa shape index (κ3) is 3.55. The molecule has 1 aromatic carbocycles. The number of hydrogen-bond acceptors (Lipinski definition) is 4. The summed E-state index contributed by atoms with van der Waals surface area (Å²) in [4.78, 5) is 10.3. The van der Waals surface area contributed by atoms with Crippen LogP contribution in [0.5, 0.6) is 0 Å². The van der Waals surface area contributed by atoms with E-state index in [0.29, 0.717) is 12.3 Å². The van der Waals surface area contributed by atoms with Crippen LogP contribution in [-0.2, 0) is 17.6 Å². The van der Waals surface area contributed by atoms with E-state index in [1.54, 1.807) is 0 Å². The molecule has 0 aliphatic carbocycles. The first-order valence-corrected chi connectivity index (χ1v) is 5.51. The Morgan fingerprint density at radius 3 is 2.72 bits per heavy atom. The molecular formula is C13H12N2O3. The highest BCUT2D eigenvalue weighted by atomic mass is 16.4. The average Bonchev–Trinajstić information content (AvgIpc) is 2.83. The van der Waals surface area contributed by atoms with Crippen molar-refractivity contribution in [1.82, 2.24) is 10.2 Å². The summed E-state index contributed by atoms with van der Waals surface area (Å²) >= 11 is 0. The van der Waals surface area contributed by atoms with Crippen molar-refractivity contribution in [2.45, 2.75) is 12.8 Å². The Morgan fingerprint density at radius 1 is 1.22 bits per heavy atom. The van der Waals surface area contributed by atoms with Gasteiger partial charge < -0.3 is 9.52 Å². The minimum atomic E-state index is -1.04. The molecule has 0 aliphatic heterocycles. The minimum Gasteiger partial charge on any atom is -0.478 e. The molecule has 0 radical (unpaired) electrons. The van der Waals surface area contributed by atoms with Crippen molar-refractivity contribution in [3.8, 4) is 0 Å². The Bertz CT molecular complexity index is 546. The van der Waals surface area contributed by atoms with Crippen LogP contribution in [0.4, 0.5) is 0 Å². The molecule has 5 heteroatoms. The van der Waals surface area contributed by atoms with E-state index < -0.39 is 5.97 Å². The number of nitrogens with zero attached hydrogens (tertiary/aromatic N) is 2. The zero-order valence-corrected chi connectivity index (χ0v) is 9.61. The second-order valence-electron chi connectivity index (χ2n) is 3.69. The summed E-state index contributed by atoms with van der Waals surface area (Å²) in [6, 6.07) is 9.97. The third-order valence-electron chi connectivity index (χ3n) is 2.32. The summed E-state index contributed by atoms with van der Waals surface area (Å²) in [5.41, 5.74) is 1.19. The molecule has 2 aromatic rings. The van der Waals surface area contributed by atoms with Gasteiger partial charge in [-0.3, -0.25) is 0 Å². The Hall–Kier alpha value is -2.43. The van der Waals surface area contributed by atoms with Gasteiger partial charge >= 0.3 is 5.97 Å². The topological polar surface area (TPSA) is 76.2 Å². The molecule has 5 nitrogen and oxygen atoms in total. The first kappa shape index (κ1) is 12.0. The van der Waals surface area contributed by atoms with Crippen molar-refractivity contribution in [3.63, 3.8) is 0 Å². The van der Waals surface area contributed by atoms with E-state index in [2.05, 4.69) is 10.2 Å². The molecule has 0 saturated carbocycles. The maximum Gasteiger partial charge on any atom is 0.328 e. The lowest BCUT2D eigenvalue weighted by Crippen LogP contribution is -1.90. The normalized spacial score (nSPS) is 10.9. The summed E-state index contributed by atoms with van der Waals surface area (Å²) in [5.74, 6) is -0.330. The standard InChI is InChI=1S/C13H12N2O3/c16-13(17)9-8-12-15-14-11(18-12)7-6-10-4-2-1-3-5-10/h1-5,8-9H,6-7H2,(H,16,17)/b9-8+. The fourth-order valence-corrected chi connectivity index (χ4v) is 1.47. The van der Waals surface area contributed by atoms with Crippen LogP contribution >= 0.6 is 0 Å². The fraction of sp³-hybridized carbons (Fsp3) is 0.154. The summed E-state index contributed by atoms with van der Waals surface area (Å²) in [5, 5.41) is 16.0. The zero-order chi connectivity index (χ0) is 12.8. The van der Waals surface area contributed by atoms with Crippen LogP contribution in [0.2, 0.25) is 0 Å². The second kappa shape index (κ2) is 5.77. The van der Waals surface area contributed by atoms with Crippen molar-refractivity contribution >= 4 is 12.0 Å². The Balaban J connectivity index is 1.93. The maximum atomic E-state index is 10.3. The summed E-state index contributed by atoms with van der Waals surface area (Å²) in [7, 11) is 0. The number of aryl methyl sites for hydroxylation is 2. The summed E-state index contributed by atoms with van der Waals surface area (Å²) in [6.45, 7) is 0.